The molecule has 0 aromatic rings. The second-order valence-corrected chi connectivity index (χ2v) is 2.96. The van der Waals surface area contributed by atoms with Crippen molar-refractivity contribution >= 4 is 11.9 Å². The van der Waals surface area contributed by atoms with Gasteiger partial charge in [-0.05, 0) is 0 Å². The Morgan fingerprint density at radius 3 is 2.64 bits per heavy atom. The van der Waals surface area contributed by atoms with E-state index in [0.29, 0.717) is 0 Å². The first-order valence-corrected chi connectivity index (χ1v) is 4.17. The van der Waals surface area contributed by atoms with Crippen molar-refractivity contribution in [3.63, 3.8) is 0 Å². The lowest BCUT2D eigenvalue weighted by Gasteiger charge is -2.18. The molecular weight excluding hydrogens is 190 g/mol. The van der Waals surface area contributed by atoms with Crippen LogP contribution in [-0.2, 0) is 23.9 Å². The second-order valence-electron chi connectivity index (χ2n) is 2.96. The number of likely N-dealkylation sites (N-methyl/N-ethyl adjacent to an activating group) is 1. The molecule has 1 fully saturated rings. The Morgan fingerprint density at radius 1 is 1.50 bits per heavy atom. The van der Waals surface area contributed by atoms with Crippen molar-refractivity contribution in [1.82, 2.24) is 5.06 Å². The van der Waals surface area contributed by atoms with Crippen LogP contribution in [0.25, 0.3) is 0 Å². The van der Waals surface area contributed by atoms with Crippen LogP contribution in [0.4, 0.5) is 0 Å². The van der Waals surface area contributed by atoms with Gasteiger partial charge in [-0.25, -0.2) is 0 Å². The molecule has 14 heavy (non-hydrogen) atoms. The highest BCUT2D eigenvalue weighted by Crippen LogP contribution is 2.17. The average molecular weight is 203 g/mol. The van der Waals surface area contributed by atoms with Crippen LogP contribution in [0.15, 0.2) is 0 Å². The summed E-state index contributed by atoms with van der Waals surface area (Å²) >= 11 is 0. The summed E-state index contributed by atoms with van der Waals surface area (Å²) in [5.74, 6) is -0.918. The van der Waals surface area contributed by atoms with Gasteiger partial charge in [0.2, 0.25) is 0 Å². The molecule has 1 aliphatic rings. The maximum Gasteiger partial charge on any atom is 0.329 e. The summed E-state index contributed by atoms with van der Waals surface area (Å²) in [5, 5.41) is 1.33. The van der Waals surface area contributed by atoms with E-state index in [1.807, 2.05) is 0 Å². The molecule has 0 unspecified atom stereocenters. The highest BCUT2D eigenvalue weighted by Gasteiger charge is 2.41. The minimum Gasteiger partial charge on any atom is -0.468 e. The number of methoxy groups -OCH3 is 1. The van der Waals surface area contributed by atoms with Crippen molar-refractivity contribution in [2.45, 2.75) is 19.1 Å². The number of ether oxygens (including phenoxy) is 2. The third-order valence-electron chi connectivity index (χ3n) is 1.95. The van der Waals surface area contributed by atoms with E-state index in [9.17, 15) is 9.59 Å². The number of hydroxylamine groups is 2. The molecule has 1 heterocycles. The summed E-state index contributed by atoms with van der Waals surface area (Å²) in [6.07, 6.45) is -0.593. The van der Waals surface area contributed by atoms with E-state index in [1.54, 1.807) is 7.05 Å². The zero-order valence-corrected chi connectivity index (χ0v) is 8.35. The van der Waals surface area contributed by atoms with Gasteiger partial charge in [0, 0.05) is 14.0 Å². The van der Waals surface area contributed by atoms with Crippen molar-refractivity contribution in [1.29, 1.82) is 0 Å². The Labute approximate surface area is 81.7 Å². The molecule has 0 radical (unpaired) electrons. The molecule has 6 heteroatoms. The Bertz CT molecular complexity index is 242. The molecule has 0 saturated carbocycles. The van der Waals surface area contributed by atoms with E-state index in [1.165, 1.54) is 19.1 Å². The van der Waals surface area contributed by atoms with Crippen molar-refractivity contribution in [2.75, 3.05) is 20.8 Å². The van der Waals surface area contributed by atoms with Crippen LogP contribution in [0, 0.1) is 0 Å². The van der Waals surface area contributed by atoms with Gasteiger partial charge in [0.15, 0.2) is 12.1 Å². The summed E-state index contributed by atoms with van der Waals surface area (Å²) in [6.45, 7) is 1.46. The molecular formula is C8H13NO5. The van der Waals surface area contributed by atoms with Gasteiger partial charge in [-0.2, -0.15) is 5.06 Å². The molecule has 0 amide bonds. The number of carbonyl (C=O) groups excluding carboxylic acids is 2. The fourth-order valence-electron chi connectivity index (χ4n) is 1.33. The second kappa shape index (κ2) is 4.39. The minimum atomic E-state index is -0.677. The summed E-state index contributed by atoms with van der Waals surface area (Å²) < 4.78 is 9.48. The Morgan fingerprint density at radius 2 is 2.14 bits per heavy atom. The quantitative estimate of drug-likeness (QED) is 0.555. The van der Waals surface area contributed by atoms with E-state index >= 15 is 0 Å². The molecule has 2 atom stereocenters. The summed E-state index contributed by atoms with van der Waals surface area (Å²) in [6, 6.07) is -0.677. The molecule has 0 aliphatic carbocycles. The highest BCUT2D eigenvalue weighted by molar-refractivity contribution is 5.77. The number of hydrogen-bond acceptors (Lipinski definition) is 6. The van der Waals surface area contributed by atoms with E-state index in [-0.39, 0.29) is 6.61 Å². The van der Waals surface area contributed by atoms with Crippen LogP contribution >= 0.6 is 0 Å². The molecule has 0 spiro atoms. The largest absolute Gasteiger partial charge is 0.468 e. The summed E-state index contributed by atoms with van der Waals surface area (Å²) in [5.41, 5.74) is 0. The number of rotatable bonds is 2. The lowest BCUT2D eigenvalue weighted by molar-refractivity contribution is -0.164. The maximum absolute atomic E-state index is 11.3. The Kier molecular flexibility index (Phi) is 3.43. The average Bonchev–Trinajstić information content (AvgIpc) is 2.45. The molecule has 0 bridgehead atoms. The monoisotopic (exact) mass is 203 g/mol. The lowest BCUT2D eigenvalue weighted by Crippen LogP contribution is -2.42. The number of nitrogens with zero attached hydrogens (tertiary/aromatic N) is 1. The summed E-state index contributed by atoms with van der Waals surface area (Å²) in [7, 11) is 2.87. The first-order chi connectivity index (χ1) is 6.56. The fraction of sp³-hybridized carbons (Fsp3) is 0.750. The van der Waals surface area contributed by atoms with Gasteiger partial charge in [0.25, 0.3) is 0 Å². The van der Waals surface area contributed by atoms with Crippen LogP contribution in [0.5, 0.6) is 0 Å². The molecule has 0 aromatic carbocycles. The van der Waals surface area contributed by atoms with Gasteiger partial charge in [-0.1, -0.05) is 0 Å². The predicted octanol–water partition coefficient (Wildman–Crippen LogP) is -0.663. The van der Waals surface area contributed by atoms with Gasteiger partial charge in [0.05, 0.1) is 7.11 Å². The topological polar surface area (TPSA) is 65.1 Å². The van der Waals surface area contributed by atoms with Gasteiger partial charge >= 0.3 is 11.9 Å². The van der Waals surface area contributed by atoms with E-state index in [4.69, 9.17) is 9.57 Å². The van der Waals surface area contributed by atoms with Crippen molar-refractivity contribution in [2.24, 2.45) is 0 Å². The Hall–Kier alpha value is -1.14. The third kappa shape index (κ3) is 2.21. The first-order valence-electron chi connectivity index (χ1n) is 4.17. The summed E-state index contributed by atoms with van der Waals surface area (Å²) in [4.78, 5) is 27.1. The van der Waals surface area contributed by atoms with E-state index < -0.39 is 24.1 Å². The number of carbonyl (C=O) groups is 2. The minimum absolute atomic E-state index is 0.176. The van der Waals surface area contributed by atoms with Crippen molar-refractivity contribution in [3.8, 4) is 0 Å². The van der Waals surface area contributed by atoms with Crippen LogP contribution in [0.2, 0.25) is 0 Å². The zero-order chi connectivity index (χ0) is 10.7. The van der Waals surface area contributed by atoms with Crippen LogP contribution in [0.3, 0.4) is 0 Å². The van der Waals surface area contributed by atoms with E-state index in [0.717, 1.165) is 0 Å². The number of hydrogen-bond donors (Lipinski definition) is 0. The van der Waals surface area contributed by atoms with Gasteiger partial charge in [-0.15, -0.1) is 0 Å². The fourth-order valence-corrected chi connectivity index (χ4v) is 1.33. The molecule has 6 nitrogen and oxygen atoms in total. The SMILES string of the molecule is COC(=O)[C@H]1[C@@H](OC(C)=O)CON1C. The maximum atomic E-state index is 11.3. The molecule has 80 valence electrons. The lowest BCUT2D eigenvalue weighted by atomic mass is 10.2. The zero-order valence-electron chi connectivity index (χ0n) is 8.35. The number of esters is 2. The van der Waals surface area contributed by atoms with Crippen LogP contribution < -0.4 is 0 Å². The third-order valence-corrected chi connectivity index (χ3v) is 1.95. The smallest absolute Gasteiger partial charge is 0.329 e. The standard InChI is InChI=1S/C8H13NO5/c1-5(10)14-6-4-13-9(2)7(6)8(11)12-3/h6-7H,4H2,1-3H3/t6-,7+/m0/s1. The highest BCUT2D eigenvalue weighted by atomic mass is 16.7. The predicted molar refractivity (Wildman–Crippen MR) is 45.1 cm³/mol. The Balaban J connectivity index is 2.66. The van der Waals surface area contributed by atoms with Gasteiger partial charge in [-0.3, -0.25) is 14.4 Å². The van der Waals surface area contributed by atoms with E-state index in [2.05, 4.69) is 4.74 Å². The molecule has 0 aromatic heterocycles. The first kappa shape index (κ1) is 10.9. The van der Waals surface area contributed by atoms with Crippen molar-refractivity contribution in [3.05, 3.63) is 0 Å². The van der Waals surface area contributed by atoms with Crippen LogP contribution in [-0.4, -0.2) is 49.9 Å². The van der Waals surface area contributed by atoms with Gasteiger partial charge < -0.3 is 9.47 Å². The van der Waals surface area contributed by atoms with Crippen molar-refractivity contribution < 1.29 is 23.9 Å². The normalized spacial score (nSPS) is 27.4. The van der Waals surface area contributed by atoms with Gasteiger partial charge in [0.1, 0.15) is 6.61 Å². The molecule has 0 N–H and O–H groups in total. The van der Waals surface area contributed by atoms with Crippen LogP contribution in [0.1, 0.15) is 6.92 Å². The molecule has 1 saturated heterocycles. The molecule has 1 aliphatic heterocycles. The molecule has 1 rings (SSSR count).